The van der Waals surface area contributed by atoms with Crippen LogP contribution in [0.1, 0.15) is 43.2 Å². The molecule has 0 saturated heterocycles. The Morgan fingerprint density at radius 1 is 1.18 bits per heavy atom. The molecule has 1 aromatic carbocycles. The highest BCUT2D eigenvalue weighted by molar-refractivity contribution is 5.42. The first-order valence-corrected chi connectivity index (χ1v) is 6.60. The lowest BCUT2D eigenvalue weighted by Crippen LogP contribution is -2.03. The standard InChI is InChI=1S/C17H20/c1-2-8-16-11-6-7-12-17(16)14-13-15-9-4-3-5-10-15/h2,6-7,11-12,15H,1,3-5,8-10H2. The third kappa shape index (κ3) is 3.49. The van der Waals surface area contributed by atoms with Crippen LogP contribution in [0.15, 0.2) is 36.9 Å². The summed E-state index contributed by atoms with van der Waals surface area (Å²) >= 11 is 0. The van der Waals surface area contributed by atoms with Crippen molar-refractivity contribution in [3.63, 3.8) is 0 Å². The molecule has 0 aliphatic heterocycles. The first-order valence-electron chi connectivity index (χ1n) is 6.60. The summed E-state index contributed by atoms with van der Waals surface area (Å²) in [6, 6.07) is 8.41. The maximum Gasteiger partial charge on any atom is 0.0280 e. The molecular formula is C17H20. The fraction of sp³-hybridized carbons (Fsp3) is 0.412. The van der Waals surface area contributed by atoms with Crippen LogP contribution >= 0.6 is 0 Å². The minimum Gasteiger partial charge on any atom is -0.103 e. The Morgan fingerprint density at radius 3 is 2.71 bits per heavy atom. The molecular weight excluding hydrogens is 204 g/mol. The second-order valence-electron chi connectivity index (χ2n) is 4.75. The molecule has 17 heavy (non-hydrogen) atoms. The van der Waals surface area contributed by atoms with E-state index in [-0.39, 0.29) is 0 Å². The Bertz CT molecular complexity index is 425. The van der Waals surface area contributed by atoms with Crippen molar-refractivity contribution in [2.45, 2.75) is 38.5 Å². The van der Waals surface area contributed by atoms with Crippen molar-refractivity contribution in [2.75, 3.05) is 0 Å². The van der Waals surface area contributed by atoms with E-state index in [2.05, 4.69) is 42.7 Å². The van der Waals surface area contributed by atoms with Crippen LogP contribution in [0.25, 0.3) is 0 Å². The smallest absolute Gasteiger partial charge is 0.0280 e. The predicted octanol–water partition coefficient (Wildman–Crippen LogP) is 4.35. The molecule has 0 heterocycles. The van der Waals surface area contributed by atoms with Crippen molar-refractivity contribution < 1.29 is 0 Å². The normalized spacial score (nSPS) is 16.0. The average molecular weight is 224 g/mol. The monoisotopic (exact) mass is 224 g/mol. The van der Waals surface area contributed by atoms with Crippen molar-refractivity contribution >= 4 is 0 Å². The SMILES string of the molecule is C=CCc1ccccc1C#CC1CCCCC1. The van der Waals surface area contributed by atoms with E-state index in [4.69, 9.17) is 0 Å². The minimum absolute atomic E-state index is 0.625. The summed E-state index contributed by atoms with van der Waals surface area (Å²) in [5, 5.41) is 0. The fourth-order valence-corrected chi connectivity index (χ4v) is 2.40. The minimum atomic E-state index is 0.625. The number of hydrogen-bond donors (Lipinski definition) is 0. The Hall–Kier alpha value is -1.48. The van der Waals surface area contributed by atoms with Gasteiger partial charge in [-0.15, -0.1) is 6.58 Å². The Labute approximate surface area is 105 Å². The van der Waals surface area contributed by atoms with Crippen LogP contribution in [0.3, 0.4) is 0 Å². The fourth-order valence-electron chi connectivity index (χ4n) is 2.40. The lowest BCUT2D eigenvalue weighted by molar-refractivity contribution is 0.430. The zero-order valence-corrected chi connectivity index (χ0v) is 10.4. The molecule has 0 radical (unpaired) electrons. The van der Waals surface area contributed by atoms with Crippen LogP contribution in [-0.4, -0.2) is 0 Å². The van der Waals surface area contributed by atoms with Gasteiger partial charge in [0.05, 0.1) is 0 Å². The molecule has 88 valence electrons. The van der Waals surface area contributed by atoms with Crippen LogP contribution in [0, 0.1) is 17.8 Å². The van der Waals surface area contributed by atoms with E-state index >= 15 is 0 Å². The van der Waals surface area contributed by atoms with Crippen LogP contribution in [0.4, 0.5) is 0 Å². The molecule has 0 spiro atoms. The van der Waals surface area contributed by atoms with Gasteiger partial charge in [0.2, 0.25) is 0 Å². The van der Waals surface area contributed by atoms with Crippen LogP contribution in [0.2, 0.25) is 0 Å². The zero-order chi connectivity index (χ0) is 11.9. The van der Waals surface area contributed by atoms with Crippen molar-refractivity contribution in [3.8, 4) is 11.8 Å². The maximum absolute atomic E-state index is 3.80. The Morgan fingerprint density at radius 2 is 1.94 bits per heavy atom. The summed E-state index contributed by atoms with van der Waals surface area (Å²) in [4.78, 5) is 0. The van der Waals surface area contributed by atoms with Gasteiger partial charge in [-0.05, 0) is 30.9 Å². The van der Waals surface area contributed by atoms with E-state index in [1.165, 1.54) is 43.2 Å². The van der Waals surface area contributed by atoms with Crippen LogP contribution in [-0.2, 0) is 6.42 Å². The van der Waals surface area contributed by atoms with E-state index in [0.29, 0.717) is 5.92 Å². The lowest BCUT2D eigenvalue weighted by Gasteiger charge is -2.15. The molecule has 1 saturated carbocycles. The topological polar surface area (TPSA) is 0 Å². The zero-order valence-electron chi connectivity index (χ0n) is 10.4. The van der Waals surface area contributed by atoms with E-state index in [0.717, 1.165) is 6.42 Å². The first-order chi connectivity index (χ1) is 8.40. The van der Waals surface area contributed by atoms with E-state index in [9.17, 15) is 0 Å². The molecule has 1 aliphatic carbocycles. The Kier molecular flexibility index (Phi) is 4.45. The molecule has 0 aromatic heterocycles. The van der Waals surface area contributed by atoms with Gasteiger partial charge in [0.1, 0.15) is 0 Å². The number of rotatable bonds is 2. The highest BCUT2D eigenvalue weighted by Gasteiger charge is 2.09. The highest BCUT2D eigenvalue weighted by atomic mass is 14.1. The van der Waals surface area contributed by atoms with Crippen molar-refractivity contribution in [1.82, 2.24) is 0 Å². The molecule has 1 fully saturated rings. The summed E-state index contributed by atoms with van der Waals surface area (Å²) in [6.07, 6.45) is 9.54. The second kappa shape index (κ2) is 6.30. The van der Waals surface area contributed by atoms with Gasteiger partial charge in [0.15, 0.2) is 0 Å². The van der Waals surface area contributed by atoms with Gasteiger partial charge in [0.25, 0.3) is 0 Å². The molecule has 0 heteroatoms. The summed E-state index contributed by atoms with van der Waals surface area (Å²) in [7, 11) is 0. The number of benzene rings is 1. The summed E-state index contributed by atoms with van der Waals surface area (Å²) in [5.74, 6) is 7.45. The van der Waals surface area contributed by atoms with E-state index < -0.39 is 0 Å². The molecule has 0 bridgehead atoms. The molecule has 2 rings (SSSR count). The quantitative estimate of drug-likeness (QED) is 0.517. The van der Waals surface area contributed by atoms with Crippen LogP contribution < -0.4 is 0 Å². The van der Waals surface area contributed by atoms with Crippen LogP contribution in [0.5, 0.6) is 0 Å². The number of hydrogen-bond acceptors (Lipinski definition) is 0. The third-order valence-electron chi connectivity index (χ3n) is 3.40. The maximum atomic E-state index is 3.80. The van der Waals surface area contributed by atoms with E-state index in [1.54, 1.807) is 0 Å². The molecule has 0 amide bonds. The van der Waals surface area contributed by atoms with Crippen molar-refractivity contribution in [2.24, 2.45) is 5.92 Å². The van der Waals surface area contributed by atoms with Crippen molar-refractivity contribution in [1.29, 1.82) is 0 Å². The van der Waals surface area contributed by atoms with Gasteiger partial charge in [0, 0.05) is 11.5 Å². The van der Waals surface area contributed by atoms with E-state index in [1.807, 2.05) is 6.08 Å². The lowest BCUT2D eigenvalue weighted by atomic mass is 9.89. The summed E-state index contributed by atoms with van der Waals surface area (Å²) in [5.41, 5.74) is 2.48. The molecule has 1 aliphatic rings. The van der Waals surface area contributed by atoms with Gasteiger partial charge < -0.3 is 0 Å². The third-order valence-corrected chi connectivity index (χ3v) is 3.40. The average Bonchev–Trinajstić information content (AvgIpc) is 2.39. The largest absolute Gasteiger partial charge is 0.103 e. The summed E-state index contributed by atoms with van der Waals surface area (Å²) < 4.78 is 0. The molecule has 0 nitrogen and oxygen atoms in total. The van der Waals surface area contributed by atoms with Gasteiger partial charge in [-0.3, -0.25) is 0 Å². The van der Waals surface area contributed by atoms with Gasteiger partial charge in [-0.1, -0.05) is 55.4 Å². The molecule has 0 atom stereocenters. The highest BCUT2D eigenvalue weighted by Crippen LogP contribution is 2.23. The predicted molar refractivity (Wildman–Crippen MR) is 73.8 cm³/mol. The molecule has 1 aromatic rings. The van der Waals surface area contributed by atoms with Gasteiger partial charge in [-0.2, -0.15) is 0 Å². The second-order valence-corrected chi connectivity index (χ2v) is 4.75. The Balaban J connectivity index is 2.11. The van der Waals surface area contributed by atoms with Gasteiger partial charge >= 0.3 is 0 Å². The first kappa shape index (κ1) is 12.0. The molecule has 0 N–H and O–H groups in total. The summed E-state index contributed by atoms with van der Waals surface area (Å²) in [6.45, 7) is 3.80. The van der Waals surface area contributed by atoms with Crippen molar-refractivity contribution in [3.05, 3.63) is 48.0 Å². The number of allylic oxidation sites excluding steroid dienone is 1. The molecule has 0 unspecified atom stereocenters. The van der Waals surface area contributed by atoms with Gasteiger partial charge in [-0.25, -0.2) is 0 Å².